The maximum absolute atomic E-state index is 5.84. The van der Waals surface area contributed by atoms with Gasteiger partial charge in [-0.2, -0.15) is 0 Å². The molecule has 0 N–H and O–H groups in total. The molecule has 0 spiro atoms. The van der Waals surface area contributed by atoms with Crippen LogP contribution in [0.5, 0.6) is 0 Å². The van der Waals surface area contributed by atoms with Gasteiger partial charge in [0, 0.05) is 0 Å². The Morgan fingerprint density at radius 1 is 1.55 bits per heavy atom. The van der Waals surface area contributed by atoms with Crippen LogP contribution >= 0.6 is 0 Å². The number of hydrogen-bond acceptors (Lipinski definition) is 0. The van der Waals surface area contributed by atoms with Crippen LogP contribution in [0.25, 0.3) is 0 Å². The van der Waals surface area contributed by atoms with Gasteiger partial charge in [0.05, 0.1) is 7.85 Å². The van der Waals surface area contributed by atoms with E-state index in [4.69, 9.17) is 7.85 Å². The van der Waals surface area contributed by atoms with Gasteiger partial charge in [-0.3, -0.25) is 0 Å². The first-order valence-electron chi connectivity index (χ1n) is 4.13. The molecule has 0 aliphatic heterocycles. The van der Waals surface area contributed by atoms with Gasteiger partial charge in [0.25, 0.3) is 0 Å². The van der Waals surface area contributed by atoms with Crippen molar-refractivity contribution in [2.24, 2.45) is 5.92 Å². The average molecular weight is 148 g/mol. The number of hydrogen-bond donors (Lipinski definition) is 0. The van der Waals surface area contributed by atoms with Crippen molar-refractivity contribution in [3.05, 3.63) is 24.8 Å². The highest BCUT2D eigenvalue weighted by Gasteiger charge is 2.05. The molecule has 1 heteroatoms. The zero-order valence-corrected chi connectivity index (χ0v) is 7.64. The number of rotatable bonds is 5. The summed E-state index contributed by atoms with van der Waals surface area (Å²) in [5.74, 6) is 0.860. The van der Waals surface area contributed by atoms with Crippen LogP contribution in [0.1, 0.15) is 26.7 Å². The Hall–Kier alpha value is -0.455. The van der Waals surface area contributed by atoms with Crippen molar-refractivity contribution in [2.45, 2.75) is 32.5 Å². The minimum absolute atomic E-state index is 0.298. The fourth-order valence-corrected chi connectivity index (χ4v) is 0.787. The van der Waals surface area contributed by atoms with Crippen LogP contribution < -0.4 is 0 Å². The topological polar surface area (TPSA) is 0 Å². The summed E-state index contributed by atoms with van der Waals surface area (Å²) < 4.78 is 0. The smallest absolute Gasteiger partial charge is 0.0703 e. The molecule has 0 aliphatic carbocycles. The zero-order chi connectivity index (χ0) is 8.85. The van der Waals surface area contributed by atoms with E-state index in [0.717, 1.165) is 18.4 Å². The SMILES string of the molecule is [B]C(CCC(=C)C=C)C(C)C. The largest absolute Gasteiger partial charge is 0.0988 e. The highest BCUT2D eigenvalue weighted by Crippen LogP contribution is 2.21. The van der Waals surface area contributed by atoms with E-state index < -0.39 is 0 Å². The molecule has 0 saturated carbocycles. The lowest BCUT2D eigenvalue weighted by atomic mass is 9.75. The molecule has 0 aromatic carbocycles. The van der Waals surface area contributed by atoms with Crippen LogP contribution in [0, 0.1) is 5.92 Å². The highest BCUT2D eigenvalue weighted by molar-refractivity contribution is 6.11. The molecule has 0 bridgehead atoms. The van der Waals surface area contributed by atoms with E-state index in [1.807, 2.05) is 0 Å². The average Bonchev–Trinajstić information content (AvgIpc) is 1.99. The molecule has 2 radical (unpaired) electrons. The number of allylic oxidation sites excluding steroid dienone is 2. The van der Waals surface area contributed by atoms with Gasteiger partial charge in [-0.05, 0) is 6.42 Å². The lowest BCUT2D eigenvalue weighted by Gasteiger charge is -2.15. The van der Waals surface area contributed by atoms with Gasteiger partial charge in [0.2, 0.25) is 0 Å². The van der Waals surface area contributed by atoms with Crippen molar-refractivity contribution in [2.75, 3.05) is 0 Å². The molecule has 0 aliphatic rings. The molecule has 0 rings (SSSR count). The molecular formula is C10H17B. The van der Waals surface area contributed by atoms with E-state index in [0.29, 0.717) is 11.7 Å². The van der Waals surface area contributed by atoms with Crippen molar-refractivity contribution in [1.82, 2.24) is 0 Å². The second kappa shape index (κ2) is 5.23. The molecular weight excluding hydrogens is 131 g/mol. The zero-order valence-electron chi connectivity index (χ0n) is 7.64. The molecule has 1 unspecified atom stereocenters. The molecule has 60 valence electrons. The maximum atomic E-state index is 5.84. The molecule has 11 heavy (non-hydrogen) atoms. The van der Waals surface area contributed by atoms with Crippen LogP contribution in [0.15, 0.2) is 24.8 Å². The summed E-state index contributed by atoms with van der Waals surface area (Å²) in [5.41, 5.74) is 1.08. The van der Waals surface area contributed by atoms with E-state index in [1.54, 1.807) is 6.08 Å². The lowest BCUT2D eigenvalue weighted by molar-refractivity contribution is 0.556. The van der Waals surface area contributed by atoms with Gasteiger partial charge in [-0.25, -0.2) is 0 Å². The van der Waals surface area contributed by atoms with E-state index in [9.17, 15) is 0 Å². The predicted molar refractivity (Wildman–Crippen MR) is 52.9 cm³/mol. The van der Waals surface area contributed by atoms with Gasteiger partial charge in [0.15, 0.2) is 0 Å². The summed E-state index contributed by atoms with van der Waals surface area (Å²) >= 11 is 0. The molecule has 0 amide bonds. The molecule has 1 atom stereocenters. The normalized spacial score (nSPS) is 13.0. The fraction of sp³-hybridized carbons (Fsp3) is 0.600. The Labute approximate surface area is 71.8 Å². The van der Waals surface area contributed by atoms with Gasteiger partial charge < -0.3 is 0 Å². The second-order valence-electron chi connectivity index (χ2n) is 3.31. The van der Waals surface area contributed by atoms with E-state index >= 15 is 0 Å². The first-order chi connectivity index (χ1) is 5.07. The standard InChI is InChI=1S/C10H17B/c1-5-9(4)6-7-10(11)8(2)3/h5,8,10H,1,4,6-7H2,2-3H3. The van der Waals surface area contributed by atoms with Crippen molar-refractivity contribution in [1.29, 1.82) is 0 Å². The van der Waals surface area contributed by atoms with Crippen LogP contribution in [-0.4, -0.2) is 7.85 Å². The third kappa shape index (κ3) is 4.89. The second-order valence-corrected chi connectivity index (χ2v) is 3.31. The van der Waals surface area contributed by atoms with Crippen LogP contribution in [-0.2, 0) is 0 Å². The van der Waals surface area contributed by atoms with Crippen molar-refractivity contribution < 1.29 is 0 Å². The van der Waals surface area contributed by atoms with Gasteiger partial charge in [-0.1, -0.05) is 56.8 Å². The van der Waals surface area contributed by atoms with E-state index in [2.05, 4.69) is 27.0 Å². The molecule has 0 nitrogen and oxygen atoms in total. The summed E-state index contributed by atoms with van der Waals surface area (Å²) in [4.78, 5) is 0. The van der Waals surface area contributed by atoms with Crippen molar-refractivity contribution >= 4 is 7.85 Å². The molecule has 0 fully saturated rings. The van der Waals surface area contributed by atoms with Crippen molar-refractivity contribution in [3.8, 4) is 0 Å². The van der Waals surface area contributed by atoms with E-state index in [-0.39, 0.29) is 0 Å². The Morgan fingerprint density at radius 2 is 2.09 bits per heavy atom. The van der Waals surface area contributed by atoms with Crippen LogP contribution in [0.4, 0.5) is 0 Å². The molecule has 0 saturated heterocycles. The molecule has 0 heterocycles. The van der Waals surface area contributed by atoms with Gasteiger partial charge >= 0.3 is 0 Å². The van der Waals surface area contributed by atoms with Crippen LogP contribution in [0.3, 0.4) is 0 Å². The summed E-state index contributed by atoms with van der Waals surface area (Å²) in [6.07, 6.45) is 3.79. The minimum Gasteiger partial charge on any atom is -0.0988 e. The summed E-state index contributed by atoms with van der Waals surface area (Å²) in [7, 11) is 5.84. The monoisotopic (exact) mass is 148 g/mol. The molecule has 0 aromatic heterocycles. The highest BCUT2D eigenvalue weighted by atomic mass is 14.1. The van der Waals surface area contributed by atoms with E-state index in [1.165, 1.54) is 0 Å². The fourth-order valence-electron chi connectivity index (χ4n) is 0.787. The Bertz CT molecular complexity index is 136. The first-order valence-corrected chi connectivity index (χ1v) is 4.13. The maximum Gasteiger partial charge on any atom is 0.0703 e. The lowest BCUT2D eigenvalue weighted by Crippen LogP contribution is -2.01. The Balaban J connectivity index is 3.53. The quantitative estimate of drug-likeness (QED) is 0.415. The predicted octanol–water partition coefficient (Wildman–Crippen LogP) is 3.12. The Morgan fingerprint density at radius 3 is 2.45 bits per heavy atom. The van der Waals surface area contributed by atoms with Crippen LogP contribution in [0.2, 0.25) is 5.82 Å². The van der Waals surface area contributed by atoms with Gasteiger partial charge in [-0.15, -0.1) is 0 Å². The summed E-state index contributed by atoms with van der Waals surface area (Å²) in [5, 5.41) is 0. The third-order valence-electron chi connectivity index (χ3n) is 1.94. The minimum atomic E-state index is 0.298. The van der Waals surface area contributed by atoms with Crippen molar-refractivity contribution in [3.63, 3.8) is 0 Å². The molecule has 0 aromatic rings. The summed E-state index contributed by atoms with van der Waals surface area (Å²) in [6.45, 7) is 11.8. The third-order valence-corrected chi connectivity index (χ3v) is 1.94. The van der Waals surface area contributed by atoms with Gasteiger partial charge in [0.1, 0.15) is 0 Å². The Kier molecular flexibility index (Phi) is 5.01. The first kappa shape index (κ1) is 10.5. The summed E-state index contributed by atoms with van der Waals surface area (Å²) in [6, 6.07) is 0.